The van der Waals surface area contributed by atoms with Gasteiger partial charge in [0.05, 0.1) is 5.69 Å². The van der Waals surface area contributed by atoms with E-state index < -0.39 is 0 Å². The molecule has 0 aromatic heterocycles. The van der Waals surface area contributed by atoms with Crippen molar-refractivity contribution in [1.82, 2.24) is 0 Å². The summed E-state index contributed by atoms with van der Waals surface area (Å²) in [5.74, 6) is 5.19. The molecule has 0 unspecified atom stereocenters. The van der Waals surface area contributed by atoms with Gasteiger partial charge in [0.2, 0.25) is 0 Å². The predicted octanol–water partition coefficient (Wildman–Crippen LogP) is 3.49. The molecule has 104 valence electrons. The Labute approximate surface area is 122 Å². The third-order valence-electron chi connectivity index (χ3n) is 3.16. The first-order chi connectivity index (χ1) is 9.52. The zero-order valence-corrected chi connectivity index (χ0v) is 12.1. The molecule has 0 aliphatic rings. The Kier molecular flexibility index (Phi) is 4.27. The summed E-state index contributed by atoms with van der Waals surface area (Å²) in [5, 5.41) is 3.48. The van der Waals surface area contributed by atoms with Crippen LogP contribution in [0.25, 0.3) is 0 Å². The van der Waals surface area contributed by atoms with Gasteiger partial charge in [0.1, 0.15) is 0 Å². The van der Waals surface area contributed by atoms with E-state index in [1.165, 1.54) is 0 Å². The number of nitrogens with two attached hydrogens (primary N) is 1. The second-order valence-electron chi connectivity index (χ2n) is 4.54. The highest BCUT2D eigenvalue weighted by Gasteiger charge is 2.10. The zero-order chi connectivity index (χ0) is 14.7. The van der Waals surface area contributed by atoms with E-state index in [4.69, 9.17) is 17.4 Å². The fourth-order valence-corrected chi connectivity index (χ4v) is 2.08. The van der Waals surface area contributed by atoms with E-state index in [0.29, 0.717) is 16.3 Å². The number of rotatable bonds is 3. The molecule has 0 aliphatic heterocycles. The molecule has 2 aromatic rings. The minimum absolute atomic E-state index is 0.179. The van der Waals surface area contributed by atoms with E-state index in [2.05, 4.69) is 10.7 Å². The highest BCUT2D eigenvalue weighted by Crippen LogP contribution is 2.24. The lowest BCUT2D eigenvalue weighted by atomic mass is 10.1. The molecule has 0 atom stereocenters. The molecule has 0 bridgehead atoms. The Morgan fingerprint density at radius 1 is 1.15 bits per heavy atom. The minimum Gasteiger partial charge on any atom is -0.324 e. The number of nitrogens with one attached hydrogen (secondary N) is 2. The molecule has 2 aromatic carbocycles. The number of amides is 1. The quantitative estimate of drug-likeness (QED) is 0.598. The van der Waals surface area contributed by atoms with Crippen LogP contribution in [-0.4, -0.2) is 5.91 Å². The van der Waals surface area contributed by atoms with Crippen molar-refractivity contribution in [2.24, 2.45) is 5.84 Å². The smallest absolute Gasteiger partial charge is 0.255 e. The van der Waals surface area contributed by atoms with Crippen molar-refractivity contribution in [2.75, 3.05) is 10.7 Å². The number of anilines is 2. The highest BCUT2D eigenvalue weighted by atomic mass is 35.5. The van der Waals surface area contributed by atoms with Crippen molar-refractivity contribution in [1.29, 1.82) is 0 Å². The van der Waals surface area contributed by atoms with Gasteiger partial charge >= 0.3 is 0 Å². The summed E-state index contributed by atoms with van der Waals surface area (Å²) >= 11 is 6.03. The van der Waals surface area contributed by atoms with Crippen molar-refractivity contribution in [2.45, 2.75) is 13.8 Å². The second kappa shape index (κ2) is 5.94. The van der Waals surface area contributed by atoms with E-state index in [0.717, 1.165) is 16.8 Å². The molecule has 2 rings (SSSR count). The molecule has 1 amide bonds. The van der Waals surface area contributed by atoms with E-state index in [-0.39, 0.29) is 5.91 Å². The van der Waals surface area contributed by atoms with Gasteiger partial charge in [-0.3, -0.25) is 10.6 Å². The van der Waals surface area contributed by atoms with Crippen molar-refractivity contribution in [3.8, 4) is 0 Å². The molecule has 0 radical (unpaired) electrons. The van der Waals surface area contributed by atoms with E-state index in [9.17, 15) is 4.79 Å². The molecular weight excluding hydrogens is 274 g/mol. The predicted molar refractivity (Wildman–Crippen MR) is 83.1 cm³/mol. The Bertz CT molecular complexity index is 656. The number of hydrazine groups is 1. The van der Waals surface area contributed by atoms with Crippen LogP contribution in [0.15, 0.2) is 36.4 Å². The normalized spacial score (nSPS) is 10.2. The number of carbonyl (C=O) groups excluding carboxylic acids is 1. The van der Waals surface area contributed by atoms with Gasteiger partial charge in [-0.15, -0.1) is 0 Å². The molecule has 0 fully saturated rings. The van der Waals surface area contributed by atoms with Crippen molar-refractivity contribution >= 4 is 28.9 Å². The van der Waals surface area contributed by atoms with Gasteiger partial charge in [-0.05, 0) is 55.3 Å². The summed E-state index contributed by atoms with van der Waals surface area (Å²) in [6, 6.07) is 10.7. The van der Waals surface area contributed by atoms with Crippen molar-refractivity contribution in [3.05, 3.63) is 58.1 Å². The maximum Gasteiger partial charge on any atom is 0.255 e. The zero-order valence-electron chi connectivity index (χ0n) is 11.3. The van der Waals surface area contributed by atoms with Crippen LogP contribution in [-0.2, 0) is 0 Å². The molecule has 4 N–H and O–H groups in total. The number of nitrogen functional groups attached to an aromatic ring is 1. The number of halogens is 1. The fourth-order valence-electron chi connectivity index (χ4n) is 1.90. The Morgan fingerprint density at radius 2 is 1.90 bits per heavy atom. The first-order valence-electron chi connectivity index (χ1n) is 6.16. The molecule has 0 heterocycles. The monoisotopic (exact) mass is 289 g/mol. The van der Waals surface area contributed by atoms with Gasteiger partial charge in [-0.25, -0.2) is 0 Å². The molecule has 5 heteroatoms. The number of benzene rings is 2. The van der Waals surface area contributed by atoms with Crippen LogP contribution in [0.2, 0.25) is 5.02 Å². The Morgan fingerprint density at radius 3 is 2.55 bits per heavy atom. The van der Waals surface area contributed by atoms with Gasteiger partial charge in [0.15, 0.2) is 0 Å². The summed E-state index contributed by atoms with van der Waals surface area (Å²) in [6.07, 6.45) is 0. The van der Waals surface area contributed by atoms with E-state index in [1.807, 2.05) is 19.9 Å². The summed E-state index contributed by atoms with van der Waals surface area (Å²) < 4.78 is 0. The molecule has 0 saturated heterocycles. The van der Waals surface area contributed by atoms with Crippen LogP contribution in [0.5, 0.6) is 0 Å². The van der Waals surface area contributed by atoms with E-state index >= 15 is 0 Å². The topological polar surface area (TPSA) is 67.2 Å². The molecule has 0 saturated carbocycles. The van der Waals surface area contributed by atoms with Crippen LogP contribution in [0.3, 0.4) is 0 Å². The molecule has 20 heavy (non-hydrogen) atoms. The van der Waals surface area contributed by atoms with Crippen LogP contribution in [0.1, 0.15) is 21.5 Å². The maximum absolute atomic E-state index is 12.2. The van der Waals surface area contributed by atoms with Gasteiger partial charge in [0.25, 0.3) is 5.91 Å². The summed E-state index contributed by atoms with van der Waals surface area (Å²) in [7, 11) is 0. The van der Waals surface area contributed by atoms with Crippen LogP contribution in [0, 0.1) is 13.8 Å². The largest absolute Gasteiger partial charge is 0.324 e. The summed E-state index contributed by atoms with van der Waals surface area (Å²) in [4.78, 5) is 12.2. The average molecular weight is 290 g/mol. The molecule has 0 aliphatic carbocycles. The van der Waals surface area contributed by atoms with E-state index in [1.54, 1.807) is 30.3 Å². The fraction of sp³-hybridized carbons (Fsp3) is 0.133. The van der Waals surface area contributed by atoms with Gasteiger partial charge in [-0.2, -0.15) is 0 Å². The van der Waals surface area contributed by atoms with Crippen LogP contribution in [0.4, 0.5) is 11.4 Å². The van der Waals surface area contributed by atoms with Crippen molar-refractivity contribution < 1.29 is 4.79 Å². The van der Waals surface area contributed by atoms with Gasteiger partial charge in [0, 0.05) is 16.3 Å². The maximum atomic E-state index is 12.2. The average Bonchev–Trinajstić information content (AvgIpc) is 2.43. The third-order valence-corrected chi connectivity index (χ3v) is 3.57. The first kappa shape index (κ1) is 14.4. The Balaban J connectivity index is 2.24. The highest BCUT2D eigenvalue weighted by molar-refractivity contribution is 6.31. The first-order valence-corrected chi connectivity index (χ1v) is 6.54. The van der Waals surface area contributed by atoms with Crippen LogP contribution >= 0.6 is 11.6 Å². The number of hydrogen-bond donors (Lipinski definition) is 3. The van der Waals surface area contributed by atoms with Crippen LogP contribution < -0.4 is 16.6 Å². The number of aryl methyl sites for hydroxylation is 1. The standard InChI is InChI=1S/C15H16ClN3O/c1-9-8-11(6-7-13(9)19-17)15(20)18-14-5-3-4-12(16)10(14)2/h3-8,19H,17H2,1-2H3,(H,18,20). The third kappa shape index (κ3) is 2.92. The Hall–Kier alpha value is -2.04. The lowest BCUT2D eigenvalue weighted by Crippen LogP contribution is -2.14. The lowest BCUT2D eigenvalue weighted by Gasteiger charge is -2.11. The van der Waals surface area contributed by atoms with Crippen molar-refractivity contribution in [3.63, 3.8) is 0 Å². The molecule has 4 nitrogen and oxygen atoms in total. The minimum atomic E-state index is -0.179. The van der Waals surface area contributed by atoms with Gasteiger partial charge in [-0.1, -0.05) is 17.7 Å². The molecule has 0 spiro atoms. The summed E-state index contributed by atoms with van der Waals surface area (Å²) in [6.45, 7) is 3.75. The number of carbonyl (C=O) groups is 1. The lowest BCUT2D eigenvalue weighted by molar-refractivity contribution is 0.102. The SMILES string of the molecule is Cc1cc(C(=O)Nc2cccc(Cl)c2C)ccc1NN. The second-order valence-corrected chi connectivity index (χ2v) is 4.95. The summed E-state index contributed by atoms with van der Waals surface area (Å²) in [5.41, 5.74) is 6.40. The molecular formula is C15H16ClN3O. The van der Waals surface area contributed by atoms with Gasteiger partial charge < -0.3 is 10.7 Å². The number of hydrogen-bond acceptors (Lipinski definition) is 3.